The third-order valence-corrected chi connectivity index (χ3v) is 6.54. The van der Waals surface area contributed by atoms with Crippen molar-refractivity contribution >= 4 is 23.7 Å². The molecule has 0 saturated heterocycles. The van der Waals surface area contributed by atoms with Gasteiger partial charge in [-0.2, -0.15) is 13.2 Å². The van der Waals surface area contributed by atoms with Crippen LogP contribution < -0.4 is 10.1 Å². The van der Waals surface area contributed by atoms with Gasteiger partial charge in [0.15, 0.2) is 5.60 Å². The molecule has 0 spiro atoms. The Kier molecular flexibility index (Phi) is 7.54. The maximum absolute atomic E-state index is 13.3. The summed E-state index contributed by atoms with van der Waals surface area (Å²) in [5, 5.41) is 3.64. The molecule has 1 aromatic carbocycles. The minimum atomic E-state index is -4.51. The molecule has 194 valence electrons. The Balaban J connectivity index is 1.51. The van der Waals surface area contributed by atoms with Gasteiger partial charge in [-0.3, -0.25) is 14.8 Å². The summed E-state index contributed by atoms with van der Waals surface area (Å²) in [7, 11) is 0. The Bertz CT molecular complexity index is 1280. The van der Waals surface area contributed by atoms with Crippen molar-refractivity contribution in [3.63, 3.8) is 0 Å². The number of nitrogens with zero attached hydrogens (tertiary/aromatic N) is 3. The molecule has 3 atom stereocenters. The molecule has 1 aliphatic rings. The first-order valence-corrected chi connectivity index (χ1v) is 12.1. The number of halogens is 4. The monoisotopic (exact) mass is 530 g/mol. The van der Waals surface area contributed by atoms with E-state index in [0.717, 1.165) is 29.0 Å². The van der Waals surface area contributed by atoms with Crippen molar-refractivity contribution in [2.75, 3.05) is 0 Å². The van der Waals surface area contributed by atoms with Crippen molar-refractivity contribution in [3.8, 4) is 5.88 Å². The first-order chi connectivity index (χ1) is 17.4. The number of fused-ring (bicyclic) bond motifs is 1. The summed E-state index contributed by atoms with van der Waals surface area (Å²) in [4.78, 5) is 26.2. The Morgan fingerprint density at radius 1 is 1.11 bits per heavy atom. The van der Waals surface area contributed by atoms with Crippen molar-refractivity contribution in [2.24, 2.45) is 10.9 Å². The molecular weight excluding hydrogens is 505 g/mol. The predicted octanol–water partition coefficient (Wildman–Crippen LogP) is 5.84. The van der Waals surface area contributed by atoms with E-state index in [-0.39, 0.29) is 23.9 Å². The topological polar surface area (TPSA) is 76.5 Å². The van der Waals surface area contributed by atoms with Gasteiger partial charge in [-0.05, 0) is 57.0 Å². The molecule has 0 aliphatic carbocycles. The molecule has 0 bridgehead atoms. The van der Waals surface area contributed by atoms with Gasteiger partial charge in [-0.15, -0.1) is 0 Å². The molecule has 0 radical (unpaired) electrons. The van der Waals surface area contributed by atoms with Gasteiger partial charge in [0, 0.05) is 47.2 Å². The van der Waals surface area contributed by atoms with Crippen LogP contribution in [0.15, 0.2) is 65.9 Å². The molecule has 1 aliphatic heterocycles. The molecule has 1 amide bonds. The number of alkyl halides is 3. The lowest BCUT2D eigenvalue weighted by Gasteiger charge is -2.32. The zero-order chi connectivity index (χ0) is 26.8. The van der Waals surface area contributed by atoms with Crippen LogP contribution in [0.25, 0.3) is 0 Å². The summed E-state index contributed by atoms with van der Waals surface area (Å²) >= 11 is 6.06. The summed E-state index contributed by atoms with van der Waals surface area (Å²) < 4.78 is 44.2. The molecular formula is C27H26ClF3N4O2. The van der Waals surface area contributed by atoms with Gasteiger partial charge in [-0.25, -0.2) is 4.98 Å². The maximum Gasteiger partial charge on any atom is 0.417 e. The smallest absolute Gasteiger partial charge is 0.417 e. The number of ether oxygens (including phenoxy) is 1. The van der Waals surface area contributed by atoms with E-state index in [1.54, 1.807) is 12.4 Å². The lowest BCUT2D eigenvalue weighted by molar-refractivity contribution is -0.138. The van der Waals surface area contributed by atoms with Crippen LogP contribution in [0, 0.1) is 5.92 Å². The largest absolute Gasteiger partial charge is 0.462 e. The minimum absolute atomic E-state index is 0.0861. The van der Waals surface area contributed by atoms with Gasteiger partial charge in [0.25, 0.3) is 5.91 Å². The molecule has 0 fully saturated rings. The molecule has 3 aromatic rings. The number of carbonyl (C=O) groups is 1. The lowest BCUT2D eigenvalue weighted by Crippen LogP contribution is -2.52. The van der Waals surface area contributed by atoms with Gasteiger partial charge in [0.2, 0.25) is 5.88 Å². The number of benzene rings is 1. The van der Waals surface area contributed by atoms with E-state index >= 15 is 0 Å². The van der Waals surface area contributed by atoms with Crippen molar-refractivity contribution < 1.29 is 22.7 Å². The fraction of sp³-hybridized carbons (Fsp3) is 0.333. The molecule has 3 heterocycles. The van der Waals surface area contributed by atoms with Crippen LogP contribution in [0.2, 0.25) is 5.02 Å². The Labute approximate surface area is 218 Å². The molecule has 10 heteroatoms. The molecule has 3 unspecified atom stereocenters. The highest BCUT2D eigenvalue weighted by Crippen LogP contribution is 2.36. The zero-order valence-corrected chi connectivity index (χ0v) is 21.2. The summed E-state index contributed by atoms with van der Waals surface area (Å²) in [6.45, 7) is 4.96. The summed E-state index contributed by atoms with van der Waals surface area (Å²) in [6.07, 6.45) is 0.273. The summed E-state index contributed by atoms with van der Waals surface area (Å²) in [5.74, 6) is -0.680. The first kappa shape index (κ1) is 26.6. The zero-order valence-electron chi connectivity index (χ0n) is 20.5. The number of hydrogen-bond acceptors (Lipinski definition) is 5. The number of rotatable bonds is 8. The van der Waals surface area contributed by atoms with Crippen molar-refractivity contribution in [1.82, 2.24) is 15.3 Å². The second-order valence-electron chi connectivity index (χ2n) is 9.45. The normalized spacial score (nSPS) is 16.7. The SMILES string of the molecule is CC(NC(=O)C(C)(C)Oc1ccc(C(F)(F)F)cn1)C(Cc1ccc(Cl)cc1)C1N=Cc2cccnc21. The fourth-order valence-corrected chi connectivity index (χ4v) is 4.32. The number of hydrogen-bond donors (Lipinski definition) is 1. The Morgan fingerprint density at radius 3 is 2.49 bits per heavy atom. The number of aliphatic imine (C=N–C) groups is 1. The van der Waals surface area contributed by atoms with Crippen LogP contribution in [0.3, 0.4) is 0 Å². The first-order valence-electron chi connectivity index (χ1n) is 11.7. The second-order valence-corrected chi connectivity index (χ2v) is 9.89. The predicted molar refractivity (Wildman–Crippen MR) is 135 cm³/mol. The third kappa shape index (κ3) is 6.28. The average molecular weight is 531 g/mol. The number of nitrogens with one attached hydrogen (secondary N) is 1. The number of pyridine rings is 2. The van der Waals surface area contributed by atoms with Crippen LogP contribution in [-0.2, 0) is 17.4 Å². The van der Waals surface area contributed by atoms with Crippen LogP contribution >= 0.6 is 11.6 Å². The highest BCUT2D eigenvalue weighted by atomic mass is 35.5. The second kappa shape index (κ2) is 10.5. The quantitative estimate of drug-likeness (QED) is 0.397. The Morgan fingerprint density at radius 2 is 1.84 bits per heavy atom. The van der Waals surface area contributed by atoms with Gasteiger partial charge in [-0.1, -0.05) is 29.8 Å². The highest BCUT2D eigenvalue weighted by Gasteiger charge is 2.37. The van der Waals surface area contributed by atoms with Gasteiger partial charge in [0.05, 0.1) is 17.3 Å². The van der Waals surface area contributed by atoms with E-state index in [2.05, 4.69) is 15.3 Å². The average Bonchev–Trinajstić information content (AvgIpc) is 3.27. The minimum Gasteiger partial charge on any atom is -0.462 e. The standard InChI is InChI=1S/C27H26ClF3N4O2/c1-16(35-25(36)26(2,3)37-22-11-8-19(15-33-22)27(29,30)31)21(13-17-6-9-20(28)10-7-17)24-23-18(14-34-24)5-4-12-32-23/h4-12,14-16,21,24H,13H2,1-3H3,(H,35,36). The number of amides is 1. The van der Waals surface area contributed by atoms with Crippen LogP contribution in [0.1, 0.15) is 49.2 Å². The number of carbonyl (C=O) groups excluding carboxylic acids is 1. The van der Waals surface area contributed by atoms with Crippen molar-refractivity contribution in [3.05, 3.63) is 88.3 Å². The molecule has 37 heavy (non-hydrogen) atoms. The summed E-state index contributed by atoms with van der Waals surface area (Å²) in [6, 6.07) is 12.6. The number of aromatic nitrogens is 2. The van der Waals surface area contributed by atoms with E-state index in [9.17, 15) is 18.0 Å². The van der Waals surface area contributed by atoms with E-state index < -0.39 is 23.2 Å². The highest BCUT2D eigenvalue weighted by molar-refractivity contribution is 6.30. The molecule has 2 aromatic heterocycles. The molecule has 1 N–H and O–H groups in total. The van der Waals surface area contributed by atoms with E-state index in [4.69, 9.17) is 21.3 Å². The molecule has 0 saturated carbocycles. The van der Waals surface area contributed by atoms with Gasteiger partial charge < -0.3 is 10.1 Å². The maximum atomic E-state index is 13.3. The Hall–Kier alpha value is -3.46. The van der Waals surface area contributed by atoms with Crippen LogP contribution in [0.5, 0.6) is 5.88 Å². The molecule has 6 nitrogen and oxygen atoms in total. The van der Waals surface area contributed by atoms with Crippen LogP contribution in [-0.4, -0.2) is 33.7 Å². The van der Waals surface area contributed by atoms with Gasteiger partial charge in [0.1, 0.15) is 0 Å². The van der Waals surface area contributed by atoms with E-state index in [1.165, 1.54) is 13.8 Å². The molecule has 4 rings (SSSR count). The van der Waals surface area contributed by atoms with E-state index in [1.807, 2.05) is 43.3 Å². The van der Waals surface area contributed by atoms with Gasteiger partial charge >= 0.3 is 6.18 Å². The summed E-state index contributed by atoms with van der Waals surface area (Å²) in [5.41, 5.74) is 0.503. The van der Waals surface area contributed by atoms with E-state index in [0.29, 0.717) is 17.6 Å². The van der Waals surface area contributed by atoms with Crippen molar-refractivity contribution in [1.29, 1.82) is 0 Å². The third-order valence-electron chi connectivity index (χ3n) is 6.29. The lowest BCUT2D eigenvalue weighted by atomic mass is 9.84. The fourth-order valence-electron chi connectivity index (χ4n) is 4.19. The van der Waals surface area contributed by atoms with Crippen LogP contribution in [0.4, 0.5) is 13.2 Å². The van der Waals surface area contributed by atoms with Crippen molar-refractivity contribution in [2.45, 2.75) is 51.1 Å².